The lowest BCUT2D eigenvalue weighted by atomic mass is 10.7. The first-order valence-corrected chi connectivity index (χ1v) is 6.84. The summed E-state index contributed by atoms with van der Waals surface area (Å²) in [6, 6.07) is 1.78. The Morgan fingerprint density at radius 3 is 1.88 bits per heavy atom. The minimum atomic E-state index is -5.07. The molecule has 1 unspecified atom stereocenters. The third-order valence-electron chi connectivity index (χ3n) is 0.908. The highest BCUT2D eigenvalue weighted by Crippen LogP contribution is 2.57. The molecule has 0 bridgehead atoms. The number of hydrogen-bond donors (Lipinski definition) is 4. The molecule has 12 heteroatoms. The van der Waals surface area contributed by atoms with E-state index in [0.29, 0.717) is 0 Å². The zero-order valence-electron chi connectivity index (χ0n) is 8.23. The standard InChI is InChI=1S/C4H4N2.CH6O8P2/c1-2-5-4-6-3-1;2-1-8-11(6,7)9-10(3,4)5/h1-4H;2H,1H2,(H,6,7)(H2,3,4,5). The summed E-state index contributed by atoms with van der Waals surface area (Å²) in [6.07, 6.45) is 4.88. The predicted molar refractivity (Wildman–Crippen MR) is 53.2 cm³/mol. The van der Waals surface area contributed by atoms with Crippen molar-refractivity contribution >= 4 is 15.6 Å². The molecular formula is C5H10N2O8P2. The summed E-state index contributed by atoms with van der Waals surface area (Å²) in [5.74, 6) is 0. The molecular weight excluding hydrogens is 278 g/mol. The fourth-order valence-corrected chi connectivity index (χ4v) is 1.89. The smallest absolute Gasteiger partial charge is 0.370 e. The average Bonchev–Trinajstić information content (AvgIpc) is 2.17. The Hall–Kier alpha value is -0.700. The Bertz CT molecular complexity index is 367. The van der Waals surface area contributed by atoms with E-state index in [1.165, 1.54) is 6.33 Å². The van der Waals surface area contributed by atoms with Crippen LogP contribution in [0.5, 0.6) is 0 Å². The number of phosphoric acid groups is 2. The van der Waals surface area contributed by atoms with Gasteiger partial charge in [0.15, 0.2) is 6.79 Å². The second kappa shape index (κ2) is 7.59. The van der Waals surface area contributed by atoms with Crippen molar-refractivity contribution in [2.75, 3.05) is 6.79 Å². The van der Waals surface area contributed by atoms with E-state index >= 15 is 0 Å². The highest BCUT2D eigenvalue weighted by molar-refractivity contribution is 7.60. The van der Waals surface area contributed by atoms with Gasteiger partial charge in [0.1, 0.15) is 6.33 Å². The number of aliphatic hydroxyl groups excluding tert-OH is 1. The van der Waals surface area contributed by atoms with Gasteiger partial charge in [-0.15, -0.1) is 0 Å². The van der Waals surface area contributed by atoms with Crippen LogP contribution in [0.1, 0.15) is 0 Å². The van der Waals surface area contributed by atoms with Crippen LogP contribution in [-0.2, 0) is 18.0 Å². The maximum atomic E-state index is 10.3. The van der Waals surface area contributed by atoms with Gasteiger partial charge in [0.05, 0.1) is 0 Å². The van der Waals surface area contributed by atoms with E-state index in [0.717, 1.165) is 0 Å². The van der Waals surface area contributed by atoms with Gasteiger partial charge in [-0.05, 0) is 6.07 Å². The molecule has 0 fully saturated rings. The maximum absolute atomic E-state index is 10.3. The maximum Gasteiger partial charge on any atom is 0.483 e. The minimum absolute atomic E-state index is 1.17. The lowest BCUT2D eigenvalue weighted by Crippen LogP contribution is -1.94. The summed E-state index contributed by atoms with van der Waals surface area (Å²) in [7, 11) is -9.89. The first-order valence-electron chi connectivity index (χ1n) is 3.82. The molecule has 0 aliphatic carbocycles. The third kappa shape index (κ3) is 11.6. The van der Waals surface area contributed by atoms with Crippen LogP contribution in [-0.4, -0.2) is 36.5 Å². The molecule has 0 aliphatic heterocycles. The summed E-state index contributed by atoms with van der Waals surface area (Å²) in [5.41, 5.74) is 0. The van der Waals surface area contributed by atoms with Crippen molar-refractivity contribution in [3.05, 3.63) is 24.8 Å². The summed E-state index contributed by atoms with van der Waals surface area (Å²) in [5, 5.41) is 7.91. The van der Waals surface area contributed by atoms with E-state index in [1.54, 1.807) is 18.5 Å². The summed E-state index contributed by atoms with van der Waals surface area (Å²) in [4.78, 5) is 31.6. The fraction of sp³-hybridized carbons (Fsp3) is 0.200. The van der Waals surface area contributed by atoms with Crippen molar-refractivity contribution in [1.29, 1.82) is 0 Å². The molecule has 1 heterocycles. The molecule has 1 aromatic rings. The van der Waals surface area contributed by atoms with Gasteiger partial charge in [0, 0.05) is 12.4 Å². The quantitative estimate of drug-likeness (QED) is 0.425. The topological polar surface area (TPSA) is 159 Å². The van der Waals surface area contributed by atoms with Gasteiger partial charge in [-0.25, -0.2) is 19.1 Å². The second-order valence-corrected chi connectivity index (χ2v) is 5.03. The molecule has 1 aromatic heterocycles. The van der Waals surface area contributed by atoms with Crippen molar-refractivity contribution in [2.45, 2.75) is 0 Å². The van der Waals surface area contributed by atoms with Crippen LogP contribution in [0.15, 0.2) is 24.8 Å². The highest BCUT2D eigenvalue weighted by atomic mass is 31.3. The second-order valence-electron chi connectivity index (χ2n) is 2.20. The zero-order chi connectivity index (χ0) is 13.4. The van der Waals surface area contributed by atoms with E-state index in [9.17, 15) is 9.13 Å². The Morgan fingerprint density at radius 2 is 1.65 bits per heavy atom. The van der Waals surface area contributed by atoms with Crippen molar-refractivity contribution < 1.29 is 37.8 Å². The fourth-order valence-electron chi connectivity index (χ4n) is 0.484. The SMILES string of the molecule is O=P(O)(O)OP(=O)(O)OCO.c1cncnc1. The predicted octanol–water partition coefficient (Wildman–Crippen LogP) is -0.361. The molecule has 0 saturated heterocycles. The number of rotatable bonds is 4. The lowest BCUT2D eigenvalue weighted by Gasteiger charge is -2.09. The van der Waals surface area contributed by atoms with Crippen LogP contribution in [0.25, 0.3) is 0 Å². The van der Waals surface area contributed by atoms with E-state index < -0.39 is 22.4 Å². The molecule has 0 amide bonds. The Balaban J connectivity index is 0.000000354. The summed E-state index contributed by atoms with van der Waals surface area (Å²) in [6.45, 7) is -1.17. The molecule has 17 heavy (non-hydrogen) atoms. The van der Waals surface area contributed by atoms with Crippen LogP contribution < -0.4 is 0 Å². The van der Waals surface area contributed by atoms with Crippen LogP contribution in [0.2, 0.25) is 0 Å². The van der Waals surface area contributed by atoms with Gasteiger partial charge < -0.3 is 19.8 Å². The van der Waals surface area contributed by atoms with Gasteiger partial charge >= 0.3 is 15.6 Å². The molecule has 0 aromatic carbocycles. The molecule has 10 nitrogen and oxygen atoms in total. The van der Waals surface area contributed by atoms with Gasteiger partial charge in [-0.1, -0.05) is 0 Å². The first-order chi connectivity index (χ1) is 7.77. The normalized spacial score (nSPS) is 14.4. The van der Waals surface area contributed by atoms with E-state index in [4.69, 9.17) is 19.8 Å². The number of aromatic nitrogens is 2. The minimum Gasteiger partial charge on any atom is -0.370 e. The molecule has 98 valence electrons. The van der Waals surface area contributed by atoms with Gasteiger partial charge in [-0.3, -0.25) is 4.52 Å². The van der Waals surface area contributed by atoms with Gasteiger partial charge in [0.2, 0.25) is 0 Å². The molecule has 0 aliphatic rings. The van der Waals surface area contributed by atoms with E-state index in [-0.39, 0.29) is 0 Å². The number of aliphatic hydroxyl groups is 1. The van der Waals surface area contributed by atoms with Crippen molar-refractivity contribution in [3.8, 4) is 0 Å². The summed E-state index contributed by atoms with van der Waals surface area (Å²) < 4.78 is 27.0. The molecule has 1 atom stereocenters. The molecule has 0 spiro atoms. The molecule has 0 saturated carbocycles. The highest BCUT2D eigenvalue weighted by Gasteiger charge is 2.31. The van der Waals surface area contributed by atoms with Gasteiger partial charge in [0.25, 0.3) is 0 Å². The first kappa shape index (κ1) is 16.3. The molecule has 4 N–H and O–H groups in total. The largest absolute Gasteiger partial charge is 0.483 e. The molecule has 0 radical (unpaired) electrons. The lowest BCUT2D eigenvalue weighted by molar-refractivity contribution is 0.0647. The van der Waals surface area contributed by atoms with E-state index in [1.807, 2.05) is 0 Å². The van der Waals surface area contributed by atoms with Crippen molar-refractivity contribution in [1.82, 2.24) is 9.97 Å². The van der Waals surface area contributed by atoms with E-state index in [2.05, 4.69) is 18.8 Å². The zero-order valence-corrected chi connectivity index (χ0v) is 10.0. The number of hydrogen-bond acceptors (Lipinski definition) is 7. The number of nitrogens with zero attached hydrogens (tertiary/aromatic N) is 2. The van der Waals surface area contributed by atoms with Gasteiger partial charge in [-0.2, -0.15) is 4.31 Å². The average molecular weight is 288 g/mol. The van der Waals surface area contributed by atoms with Crippen molar-refractivity contribution in [2.24, 2.45) is 0 Å². The monoisotopic (exact) mass is 288 g/mol. The summed E-state index contributed by atoms with van der Waals surface area (Å²) >= 11 is 0. The number of phosphoric ester groups is 1. The Kier molecular flexibility index (Phi) is 7.28. The van der Waals surface area contributed by atoms with Crippen molar-refractivity contribution in [3.63, 3.8) is 0 Å². The Labute approximate surface area is 95.7 Å². The third-order valence-corrected chi connectivity index (χ3v) is 3.03. The molecule has 1 rings (SSSR count). The van der Waals surface area contributed by atoms with Crippen LogP contribution in [0, 0.1) is 0 Å². The van der Waals surface area contributed by atoms with Crippen LogP contribution in [0.3, 0.4) is 0 Å². The van der Waals surface area contributed by atoms with Crippen LogP contribution in [0.4, 0.5) is 0 Å². The van der Waals surface area contributed by atoms with Crippen LogP contribution >= 0.6 is 15.6 Å². The Morgan fingerprint density at radius 1 is 1.12 bits per heavy atom.